The zero-order valence-corrected chi connectivity index (χ0v) is 14.6. The zero-order valence-electron chi connectivity index (χ0n) is 14.6. The minimum atomic E-state index is -0.921. The molecule has 2 aromatic heterocycles. The molecule has 0 saturated carbocycles. The van der Waals surface area contributed by atoms with Crippen LogP contribution < -0.4 is 4.74 Å². The second-order valence-corrected chi connectivity index (χ2v) is 6.49. The Hall–Kier alpha value is -3.42. The number of aliphatic carboxylic acids is 1. The lowest BCUT2D eigenvalue weighted by Gasteiger charge is -2.16. The molecule has 8 heteroatoms. The summed E-state index contributed by atoms with van der Waals surface area (Å²) < 4.78 is 6.90. The lowest BCUT2D eigenvalue weighted by atomic mass is 9.89. The number of fused-ring (bicyclic) bond motifs is 1. The fourth-order valence-electron chi connectivity index (χ4n) is 3.52. The van der Waals surface area contributed by atoms with Crippen molar-refractivity contribution in [2.75, 3.05) is 20.2 Å². The smallest absolute Gasteiger partial charge is 0.308 e. The summed E-state index contributed by atoms with van der Waals surface area (Å²) in [5, 5.41) is 9.66. The van der Waals surface area contributed by atoms with E-state index < -0.39 is 11.9 Å². The van der Waals surface area contributed by atoms with Crippen LogP contribution in [0.4, 0.5) is 0 Å². The van der Waals surface area contributed by atoms with Gasteiger partial charge in [-0.15, -0.1) is 0 Å². The first-order valence-electron chi connectivity index (χ1n) is 8.52. The summed E-state index contributed by atoms with van der Waals surface area (Å²) in [4.78, 5) is 34.6. The number of carboxylic acid groups (broad SMARTS) is 1. The van der Waals surface area contributed by atoms with Gasteiger partial charge in [0, 0.05) is 37.6 Å². The third-order valence-electron chi connectivity index (χ3n) is 4.90. The Kier molecular flexibility index (Phi) is 4.23. The summed E-state index contributed by atoms with van der Waals surface area (Å²) in [7, 11) is 1.57. The third kappa shape index (κ3) is 3.10. The van der Waals surface area contributed by atoms with Gasteiger partial charge in [0.05, 0.1) is 13.0 Å². The monoisotopic (exact) mass is 366 g/mol. The maximum absolute atomic E-state index is 12.9. The molecule has 1 amide bonds. The molecule has 1 aliphatic rings. The van der Waals surface area contributed by atoms with Crippen molar-refractivity contribution in [3.05, 3.63) is 60.2 Å². The highest BCUT2D eigenvalue weighted by molar-refractivity contribution is 5.93. The van der Waals surface area contributed by atoms with Crippen LogP contribution in [0.3, 0.4) is 0 Å². The molecule has 0 bridgehead atoms. The maximum atomic E-state index is 12.9. The van der Waals surface area contributed by atoms with Crippen LogP contribution in [0.1, 0.15) is 22.0 Å². The molecule has 0 aliphatic carbocycles. The van der Waals surface area contributed by atoms with Crippen molar-refractivity contribution in [1.82, 2.24) is 19.3 Å². The van der Waals surface area contributed by atoms with E-state index in [4.69, 9.17) is 4.74 Å². The van der Waals surface area contributed by atoms with Crippen LogP contribution in [0, 0.1) is 5.92 Å². The van der Waals surface area contributed by atoms with E-state index in [1.54, 1.807) is 47.1 Å². The van der Waals surface area contributed by atoms with Crippen molar-refractivity contribution in [3.63, 3.8) is 0 Å². The van der Waals surface area contributed by atoms with Gasteiger partial charge in [-0.3, -0.25) is 14.0 Å². The first-order valence-corrected chi connectivity index (χ1v) is 8.52. The number of nitrogens with zero attached hydrogens (tertiary/aromatic N) is 4. The number of aromatic nitrogens is 3. The van der Waals surface area contributed by atoms with E-state index in [9.17, 15) is 14.7 Å². The Morgan fingerprint density at radius 2 is 2.11 bits per heavy atom. The summed E-state index contributed by atoms with van der Waals surface area (Å²) >= 11 is 0. The van der Waals surface area contributed by atoms with Crippen LogP contribution in [0.2, 0.25) is 0 Å². The Morgan fingerprint density at radius 1 is 1.26 bits per heavy atom. The lowest BCUT2D eigenvalue weighted by Crippen LogP contribution is -2.30. The Balaban J connectivity index is 1.62. The standard InChI is InChI=1S/C19H18N4O4/c1-27-13-5-2-4-12(8-13)14-9-23(10-15(14)18(25)26)17(24)16-11-22-7-3-6-20-19(22)21-16/h2-8,11,14-15H,9-10H2,1H3,(H,25,26)/t14-,15+/m0/s1. The third-order valence-corrected chi connectivity index (χ3v) is 4.90. The van der Waals surface area contributed by atoms with Gasteiger partial charge in [0.1, 0.15) is 11.4 Å². The molecule has 8 nitrogen and oxygen atoms in total. The number of ether oxygens (including phenoxy) is 1. The Morgan fingerprint density at radius 3 is 2.85 bits per heavy atom. The lowest BCUT2D eigenvalue weighted by molar-refractivity contribution is -0.141. The number of carbonyl (C=O) groups is 2. The van der Waals surface area contributed by atoms with E-state index in [0.29, 0.717) is 18.1 Å². The highest BCUT2D eigenvalue weighted by atomic mass is 16.5. The van der Waals surface area contributed by atoms with Crippen molar-refractivity contribution in [3.8, 4) is 5.75 Å². The second-order valence-electron chi connectivity index (χ2n) is 6.49. The number of hydrogen-bond donors (Lipinski definition) is 1. The normalized spacial score (nSPS) is 19.4. The quantitative estimate of drug-likeness (QED) is 0.755. The van der Waals surface area contributed by atoms with Crippen molar-refractivity contribution >= 4 is 17.7 Å². The molecule has 138 valence electrons. The molecule has 27 heavy (non-hydrogen) atoms. The molecule has 1 saturated heterocycles. The molecule has 0 radical (unpaired) electrons. The molecule has 3 aromatic rings. The molecule has 4 rings (SSSR count). The van der Waals surface area contributed by atoms with E-state index in [-0.39, 0.29) is 24.1 Å². The second kappa shape index (κ2) is 6.71. The molecule has 0 spiro atoms. The summed E-state index contributed by atoms with van der Waals surface area (Å²) in [6.07, 6.45) is 4.97. The van der Waals surface area contributed by atoms with Crippen LogP contribution in [0.25, 0.3) is 5.78 Å². The predicted octanol–water partition coefficient (Wildman–Crippen LogP) is 1.68. The van der Waals surface area contributed by atoms with Gasteiger partial charge < -0.3 is 14.7 Å². The van der Waals surface area contributed by atoms with Gasteiger partial charge in [0.15, 0.2) is 0 Å². The topological polar surface area (TPSA) is 97.0 Å². The highest BCUT2D eigenvalue weighted by Crippen LogP contribution is 2.35. The van der Waals surface area contributed by atoms with Crippen LogP contribution in [0.15, 0.2) is 48.9 Å². The number of methoxy groups -OCH3 is 1. The van der Waals surface area contributed by atoms with Gasteiger partial charge in [-0.25, -0.2) is 9.97 Å². The van der Waals surface area contributed by atoms with Crippen molar-refractivity contribution in [2.45, 2.75) is 5.92 Å². The number of likely N-dealkylation sites (tertiary alicyclic amines) is 1. The summed E-state index contributed by atoms with van der Waals surface area (Å²) in [6, 6.07) is 9.07. The fourth-order valence-corrected chi connectivity index (χ4v) is 3.52. The summed E-state index contributed by atoms with van der Waals surface area (Å²) in [5.41, 5.74) is 1.10. The van der Waals surface area contributed by atoms with Crippen molar-refractivity contribution in [1.29, 1.82) is 0 Å². The minimum Gasteiger partial charge on any atom is -0.497 e. The number of imidazole rings is 1. The van der Waals surface area contributed by atoms with E-state index in [1.165, 1.54) is 0 Å². The molecular weight excluding hydrogens is 348 g/mol. The minimum absolute atomic E-state index is 0.136. The molecule has 1 N–H and O–H groups in total. The van der Waals surface area contributed by atoms with E-state index in [0.717, 1.165) is 5.56 Å². The number of benzene rings is 1. The van der Waals surface area contributed by atoms with E-state index in [2.05, 4.69) is 9.97 Å². The molecule has 3 heterocycles. The number of carboxylic acids is 1. The summed E-state index contributed by atoms with van der Waals surface area (Å²) in [5.74, 6) is -1.12. The van der Waals surface area contributed by atoms with Gasteiger partial charge in [-0.1, -0.05) is 12.1 Å². The molecule has 1 aromatic carbocycles. The van der Waals surface area contributed by atoms with E-state index in [1.807, 2.05) is 18.2 Å². The molecule has 1 fully saturated rings. The number of rotatable bonds is 4. The van der Waals surface area contributed by atoms with Gasteiger partial charge >= 0.3 is 5.97 Å². The fraction of sp³-hybridized carbons (Fsp3) is 0.263. The van der Waals surface area contributed by atoms with Crippen molar-refractivity contribution < 1.29 is 19.4 Å². The molecule has 1 aliphatic heterocycles. The number of amides is 1. The average Bonchev–Trinajstić information content (AvgIpc) is 3.32. The maximum Gasteiger partial charge on any atom is 0.308 e. The molecular formula is C19H18N4O4. The van der Waals surface area contributed by atoms with Gasteiger partial charge in [-0.2, -0.15) is 0 Å². The Labute approximate surface area is 155 Å². The first kappa shape index (κ1) is 17.0. The SMILES string of the molecule is COc1cccc([C@@H]2CN(C(=O)c3cn4cccnc4n3)C[C@H]2C(=O)O)c1. The van der Waals surface area contributed by atoms with Crippen LogP contribution in [-0.4, -0.2) is 56.5 Å². The largest absolute Gasteiger partial charge is 0.497 e. The van der Waals surface area contributed by atoms with Gasteiger partial charge in [0.25, 0.3) is 5.91 Å². The van der Waals surface area contributed by atoms with Gasteiger partial charge in [0.2, 0.25) is 5.78 Å². The number of hydrogen-bond acceptors (Lipinski definition) is 5. The van der Waals surface area contributed by atoms with Gasteiger partial charge in [-0.05, 0) is 23.8 Å². The average molecular weight is 366 g/mol. The first-order chi connectivity index (χ1) is 13.1. The molecule has 2 atom stereocenters. The highest BCUT2D eigenvalue weighted by Gasteiger charge is 2.41. The number of carbonyl (C=O) groups excluding carboxylic acids is 1. The van der Waals surface area contributed by atoms with Crippen molar-refractivity contribution in [2.24, 2.45) is 5.92 Å². The zero-order chi connectivity index (χ0) is 19.0. The summed E-state index contributed by atoms with van der Waals surface area (Å²) in [6.45, 7) is 0.446. The van der Waals surface area contributed by atoms with Crippen LogP contribution >= 0.6 is 0 Å². The van der Waals surface area contributed by atoms with Crippen LogP contribution in [-0.2, 0) is 4.79 Å². The van der Waals surface area contributed by atoms with Crippen LogP contribution in [0.5, 0.6) is 5.75 Å². The predicted molar refractivity (Wildman–Crippen MR) is 95.8 cm³/mol. The van der Waals surface area contributed by atoms with E-state index >= 15 is 0 Å². The Bertz CT molecular complexity index is 983. The molecule has 0 unspecified atom stereocenters.